The van der Waals surface area contributed by atoms with Gasteiger partial charge in [-0.05, 0) is 13.8 Å². The summed E-state index contributed by atoms with van der Waals surface area (Å²) < 4.78 is 5.88. The van der Waals surface area contributed by atoms with Crippen molar-refractivity contribution in [3.63, 3.8) is 0 Å². The first kappa shape index (κ1) is 17.3. The largest absolute Gasteiger partial charge is 0.368 e. The lowest BCUT2D eigenvalue weighted by Crippen LogP contribution is -2.43. The van der Waals surface area contributed by atoms with E-state index in [9.17, 15) is 4.79 Å². The molecule has 1 unspecified atom stereocenters. The van der Waals surface area contributed by atoms with Gasteiger partial charge in [-0.2, -0.15) is 5.10 Å². The maximum atomic E-state index is 12.7. The summed E-state index contributed by atoms with van der Waals surface area (Å²) in [4.78, 5) is 25.3. The molecule has 2 aromatic rings. The highest BCUT2D eigenvalue weighted by Gasteiger charge is 2.29. The Morgan fingerprint density at radius 2 is 2.12 bits per heavy atom. The highest BCUT2D eigenvalue weighted by atomic mass is 16.5. The lowest BCUT2D eigenvalue weighted by atomic mass is 10.1. The zero-order chi connectivity index (χ0) is 18.0. The van der Waals surface area contributed by atoms with E-state index < -0.39 is 0 Å². The minimum Gasteiger partial charge on any atom is -0.368 e. The van der Waals surface area contributed by atoms with Crippen molar-refractivity contribution in [2.75, 3.05) is 38.7 Å². The summed E-state index contributed by atoms with van der Waals surface area (Å²) in [7, 11) is 3.84. The molecule has 1 saturated heterocycles. The SMILES string of the molecule is Cc1n[nH]c(C)c1CC(=O)N1CCOC(c2nccnc2N(C)C)C1. The third-order valence-electron chi connectivity index (χ3n) is 4.46. The second-order valence-corrected chi connectivity index (χ2v) is 6.45. The number of amides is 1. The number of aromatic nitrogens is 4. The molecule has 0 spiro atoms. The van der Waals surface area contributed by atoms with Gasteiger partial charge in [0.2, 0.25) is 5.91 Å². The second kappa shape index (κ2) is 7.18. The van der Waals surface area contributed by atoms with Gasteiger partial charge in [-0.3, -0.25) is 14.9 Å². The fraction of sp³-hybridized carbons (Fsp3) is 0.529. The maximum Gasteiger partial charge on any atom is 0.227 e. The van der Waals surface area contributed by atoms with Crippen LogP contribution in [0.5, 0.6) is 0 Å². The van der Waals surface area contributed by atoms with Crippen LogP contribution in [0.15, 0.2) is 12.4 Å². The number of carbonyl (C=O) groups excluding carboxylic acids is 1. The molecular weight excluding hydrogens is 320 g/mol. The Kier molecular flexibility index (Phi) is 4.98. The minimum absolute atomic E-state index is 0.0798. The van der Waals surface area contributed by atoms with E-state index in [0.717, 1.165) is 28.5 Å². The van der Waals surface area contributed by atoms with Gasteiger partial charge in [-0.1, -0.05) is 0 Å². The van der Waals surface area contributed by atoms with E-state index in [4.69, 9.17) is 4.74 Å². The number of nitrogens with one attached hydrogen (secondary N) is 1. The zero-order valence-electron chi connectivity index (χ0n) is 15.1. The molecule has 0 bridgehead atoms. The van der Waals surface area contributed by atoms with Crippen molar-refractivity contribution in [1.82, 2.24) is 25.1 Å². The molecule has 3 rings (SSSR count). The monoisotopic (exact) mass is 344 g/mol. The number of H-pyrrole nitrogens is 1. The number of rotatable bonds is 4. The third-order valence-corrected chi connectivity index (χ3v) is 4.46. The van der Waals surface area contributed by atoms with Crippen LogP contribution < -0.4 is 4.90 Å². The van der Waals surface area contributed by atoms with Crippen molar-refractivity contribution in [1.29, 1.82) is 0 Å². The molecule has 0 aliphatic carbocycles. The molecule has 1 atom stereocenters. The average Bonchev–Trinajstić information content (AvgIpc) is 2.93. The molecule has 8 heteroatoms. The molecule has 3 heterocycles. The summed E-state index contributed by atoms with van der Waals surface area (Å²) in [6, 6.07) is 0. The van der Waals surface area contributed by atoms with E-state index in [-0.39, 0.29) is 12.0 Å². The summed E-state index contributed by atoms with van der Waals surface area (Å²) in [6.07, 6.45) is 3.40. The third kappa shape index (κ3) is 3.63. The minimum atomic E-state index is -0.268. The van der Waals surface area contributed by atoms with Gasteiger partial charge in [0.15, 0.2) is 5.82 Å². The number of ether oxygens (including phenoxy) is 1. The molecule has 1 amide bonds. The summed E-state index contributed by atoms with van der Waals surface area (Å²) in [6.45, 7) is 5.41. The molecule has 1 N–H and O–H groups in total. The van der Waals surface area contributed by atoms with Crippen LogP contribution in [0.25, 0.3) is 0 Å². The number of aromatic amines is 1. The summed E-state index contributed by atoms with van der Waals surface area (Å²) in [5.41, 5.74) is 3.56. The molecule has 2 aromatic heterocycles. The Bertz CT molecular complexity index is 738. The van der Waals surface area contributed by atoms with Crippen LogP contribution >= 0.6 is 0 Å². The van der Waals surface area contributed by atoms with Gasteiger partial charge in [0.1, 0.15) is 11.8 Å². The maximum absolute atomic E-state index is 12.7. The molecule has 0 aromatic carbocycles. The van der Waals surface area contributed by atoms with Gasteiger partial charge in [0, 0.05) is 44.3 Å². The predicted molar refractivity (Wildman–Crippen MR) is 93.4 cm³/mol. The van der Waals surface area contributed by atoms with Gasteiger partial charge < -0.3 is 14.5 Å². The van der Waals surface area contributed by atoms with Crippen LogP contribution in [0.1, 0.15) is 28.7 Å². The van der Waals surface area contributed by atoms with Gasteiger partial charge in [-0.25, -0.2) is 4.98 Å². The average molecular weight is 344 g/mol. The van der Waals surface area contributed by atoms with E-state index >= 15 is 0 Å². The normalized spacial score (nSPS) is 17.6. The van der Waals surface area contributed by atoms with E-state index in [2.05, 4.69) is 20.2 Å². The topological polar surface area (TPSA) is 87.2 Å². The fourth-order valence-corrected chi connectivity index (χ4v) is 3.05. The Labute approximate surface area is 147 Å². The molecular formula is C17H24N6O2. The number of aryl methyl sites for hydroxylation is 2. The van der Waals surface area contributed by atoms with E-state index in [1.807, 2.05) is 37.7 Å². The molecule has 8 nitrogen and oxygen atoms in total. The van der Waals surface area contributed by atoms with Gasteiger partial charge in [0.25, 0.3) is 0 Å². The highest BCUT2D eigenvalue weighted by molar-refractivity contribution is 5.79. The zero-order valence-corrected chi connectivity index (χ0v) is 15.1. The van der Waals surface area contributed by atoms with E-state index in [1.54, 1.807) is 12.4 Å². The Morgan fingerprint density at radius 1 is 1.36 bits per heavy atom. The van der Waals surface area contributed by atoms with Gasteiger partial charge in [-0.15, -0.1) is 0 Å². The summed E-state index contributed by atoms with van der Waals surface area (Å²) in [5.74, 6) is 0.847. The summed E-state index contributed by atoms with van der Waals surface area (Å²) in [5, 5.41) is 7.09. The fourth-order valence-electron chi connectivity index (χ4n) is 3.05. The standard InChI is InChI=1S/C17H24N6O2/c1-11-13(12(2)21-20-11)9-15(24)23-7-8-25-14(10-23)16-17(22(3)4)19-6-5-18-16/h5-6,14H,7-10H2,1-4H3,(H,20,21). The molecule has 1 aliphatic rings. The highest BCUT2D eigenvalue weighted by Crippen LogP contribution is 2.27. The van der Waals surface area contributed by atoms with Crippen LogP contribution in [0.2, 0.25) is 0 Å². The number of anilines is 1. The van der Waals surface area contributed by atoms with E-state index in [0.29, 0.717) is 26.1 Å². The Balaban J connectivity index is 1.74. The summed E-state index contributed by atoms with van der Waals surface area (Å²) >= 11 is 0. The van der Waals surface area contributed by atoms with Gasteiger partial charge >= 0.3 is 0 Å². The first-order valence-corrected chi connectivity index (χ1v) is 8.35. The molecule has 0 radical (unpaired) electrons. The predicted octanol–water partition coefficient (Wildman–Crippen LogP) is 1.03. The number of nitrogens with zero attached hydrogens (tertiary/aromatic N) is 5. The van der Waals surface area contributed by atoms with Crippen LogP contribution in [0.4, 0.5) is 5.82 Å². The van der Waals surface area contributed by atoms with Crippen LogP contribution in [0, 0.1) is 13.8 Å². The Morgan fingerprint density at radius 3 is 2.80 bits per heavy atom. The second-order valence-electron chi connectivity index (χ2n) is 6.45. The lowest BCUT2D eigenvalue weighted by molar-refractivity contribution is -0.138. The quantitative estimate of drug-likeness (QED) is 0.891. The van der Waals surface area contributed by atoms with Crippen LogP contribution in [0.3, 0.4) is 0 Å². The van der Waals surface area contributed by atoms with Crippen molar-refractivity contribution in [2.45, 2.75) is 26.4 Å². The first-order valence-electron chi connectivity index (χ1n) is 8.35. The molecule has 134 valence electrons. The van der Waals surface area contributed by atoms with Crippen molar-refractivity contribution in [3.8, 4) is 0 Å². The first-order chi connectivity index (χ1) is 12.0. The number of carbonyl (C=O) groups is 1. The molecule has 0 saturated carbocycles. The van der Waals surface area contributed by atoms with Crippen molar-refractivity contribution in [3.05, 3.63) is 35.0 Å². The smallest absolute Gasteiger partial charge is 0.227 e. The molecule has 25 heavy (non-hydrogen) atoms. The molecule has 1 fully saturated rings. The van der Waals surface area contributed by atoms with Crippen molar-refractivity contribution in [2.24, 2.45) is 0 Å². The number of hydrogen-bond donors (Lipinski definition) is 1. The Hall–Kier alpha value is -2.48. The van der Waals surface area contributed by atoms with E-state index in [1.165, 1.54) is 0 Å². The van der Waals surface area contributed by atoms with Gasteiger partial charge in [0.05, 0.1) is 25.3 Å². The number of morpholine rings is 1. The number of hydrogen-bond acceptors (Lipinski definition) is 6. The van der Waals surface area contributed by atoms with Crippen molar-refractivity contribution < 1.29 is 9.53 Å². The molecule has 1 aliphatic heterocycles. The lowest BCUT2D eigenvalue weighted by Gasteiger charge is -2.33. The van der Waals surface area contributed by atoms with Crippen LogP contribution in [-0.2, 0) is 16.0 Å². The van der Waals surface area contributed by atoms with Crippen LogP contribution in [-0.4, -0.2) is 64.8 Å². The van der Waals surface area contributed by atoms with Crippen molar-refractivity contribution >= 4 is 11.7 Å².